The lowest BCUT2D eigenvalue weighted by molar-refractivity contribution is -0.139. The lowest BCUT2D eigenvalue weighted by atomic mass is 9.99. The summed E-state index contributed by atoms with van der Waals surface area (Å²) in [6, 6.07) is -1.25. The lowest BCUT2D eigenvalue weighted by Crippen LogP contribution is -2.52. The van der Waals surface area contributed by atoms with Gasteiger partial charge in [-0.05, 0) is 26.7 Å². The molecule has 94 valence electrons. The molecule has 0 aliphatic carbocycles. The minimum absolute atomic E-state index is 0.310. The van der Waals surface area contributed by atoms with E-state index in [-0.39, 0.29) is 5.54 Å². The van der Waals surface area contributed by atoms with Crippen LogP contribution >= 0.6 is 0 Å². The molecule has 0 bridgehead atoms. The highest BCUT2D eigenvalue weighted by Gasteiger charge is 2.22. The van der Waals surface area contributed by atoms with Gasteiger partial charge in [0.05, 0.1) is 0 Å². The third-order valence-electron chi connectivity index (χ3n) is 2.34. The highest BCUT2D eigenvalue weighted by molar-refractivity contribution is 5.82. The Morgan fingerprint density at radius 1 is 1.31 bits per heavy atom. The zero-order valence-corrected chi connectivity index (χ0v) is 10.5. The summed E-state index contributed by atoms with van der Waals surface area (Å²) in [5.74, 6) is -1.01. The molecule has 0 saturated carbocycles. The Hall–Kier alpha value is -1.26. The average molecular weight is 230 g/mol. The molecule has 0 aromatic carbocycles. The summed E-state index contributed by atoms with van der Waals surface area (Å²) in [7, 11) is 0. The molecule has 0 rings (SSSR count). The van der Waals surface area contributed by atoms with E-state index in [1.807, 2.05) is 20.8 Å². The summed E-state index contributed by atoms with van der Waals surface area (Å²) in [5.41, 5.74) is -0.310. The van der Waals surface area contributed by atoms with Crippen LogP contribution in [0.3, 0.4) is 0 Å². The standard InChI is InChI=1S/C11H22N2O3/c1-5-7-11(3,4)13-10(16)12-8(6-2)9(14)15/h8H,5-7H2,1-4H3,(H,14,15)(H2,12,13,16). The van der Waals surface area contributed by atoms with E-state index >= 15 is 0 Å². The fourth-order valence-corrected chi connectivity index (χ4v) is 1.53. The molecule has 0 aromatic rings. The minimum atomic E-state index is -1.01. The molecular weight excluding hydrogens is 208 g/mol. The summed E-state index contributed by atoms with van der Waals surface area (Å²) in [6.07, 6.45) is 2.19. The van der Waals surface area contributed by atoms with Crippen LogP contribution in [-0.2, 0) is 4.79 Å². The number of carbonyl (C=O) groups is 2. The SMILES string of the molecule is CCCC(C)(C)NC(=O)NC(CC)C(=O)O. The molecule has 16 heavy (non-hydrogen) atoms. The quantitative estimate of drug-likeness (QED) is 0.650. The number of carboxylic acid groups (broad SMARTS) is 1. The van der Waals surface area contributed by atoms with Crippen molar-refractivity contribution in [1.29, 1.82) is 0 Å². The van der Waals surface area contributed by atoms with Gasteiger partial charge in [0.25, 0.3) is 0 Å². The van der Waals surface area contributed by atoms with Crippen molar-refractivity contribution in [3.8, 4) is 0 Å². The molecule has 0 saturated heterocycles. The van der Waals surface area contributed by atoms with Crippen molar-refractivity contribution in [2.24, 2.45) is 0 Å². The first-order valence-electron chi connectivity index (χ1n) is 5.64. The number of aliphatic carboxylic acids is 1. The molecule has 3 N–H and O–H groups in total. The largest absolute Gasteiger partial charge is 0.480 e. The van der Waals surface area contributed by atoms with E-state index in [1.54, 1.807) is 6.92 Å². The summed E-state index contributed by atoms with van der Waals surface area (Å²) in [6.45, 7) is 7.58. The Balaban J connectivity index is 4.21. The predicted molar refractivity (Wildman–Crippen MR) is 62.4 cm³/mol. The highest BCUT2D eigenvalue weighted by atomic mass is 16.4. The molecular formula is C11H22N2O3. The number of urea groups is 1. The van der Waals surface area contributed by atoms with Crippen molar-refractivity contribution >= 4 is 12.0 Å². The van der Waals surface area contributed by atoms with Gasteiger partial charge in [0.15, 0.2) is 0 Å². The second kappa shape index (κ2) is 6.35. The predicted octanol–water partition coefficient (Wildman–Crippen LogP) is 1.73. The van der Waals surface area contributed by atoms with Gasteiger partial charge in [0.1, 0.15) is 6.04 Å². The van der Waals surface area contributed by atoms with Crippen molar-refractivity contribution < 1.29 is 14.7 Å². The second-order valence-corrected chi connectivity index (χ2v) is 4.53. The number of carbonyl (C=O) groups excluding carboxylic acids is 1. The molecule has 5 heteroatoms. The molecule has 2 amide bonds. The maximum absolute atomic E-state index is 11.5. The first-order chi connectivity index (χ1) is 7.32. The normalized spacial score (nSPS) is 13.0. The maximum atomic E-state index is 11.5. The van der Waals surface area contributed by atoms with Crippen LogP contribution < -0.4 is 10.6 Å². The van der Waals surface area contributed by atoms with Crippen molar-refractivity contribution in [1.82, 2.24) is 10.6 Å². The van der Waals surface area contributed by atoms with Crippen LogP contribution in [0.2, 0.25) is 0 Å². The van der Waals surface area contributed by atoms with Gasteiger partial charge in [-0.15, -0.1) is 0 Å². The fourth-order valence-electron chi connectivity index (χ4n) is 1.53. The Bertz CT molecular complexity index is 252. The van der Waals surface area contributed by atoms with E-state index in [0.29, 0.717) is 6.42 Å². The molecule has 0 fully saturated rings. The van der Waals surface area contributed by atoms with Crippen LogP contribution in [0.15, 0.2) is 0 Å². The van der Waals surface area contributed by atoms with Crippen LogP contribution in [0.25, 0.3) is 0 Å². The van der Waals surface area contributed by atoms with Crippen LogP contribution in [0, 0.1) is 0 Å². The number of nitrogens with one attached hydrogen (secondary N) is 2. The van der Waals surface area contributed by atoms with Crippen molar-refractivity contribution in [3.05, 3.63) is 0 Å². The molecule has 1 atom stereocenters. The number of hydrogen-bond donors (Lipinski definition) is 3. The summed E-state index contributed by atoms with van der Waals surface area (Å²) in [5, 5.41) is 14.0. The molecule has 5 nitrogen and oxygen atoms in total. The van der Waals surface area contributed by atoms with E-state index in [0.717, 1.165) is 12.8 Å². The molecule has 0 radical (unpaired) electrons. The van der Waals surface area contributed by atoms with Crippen molar-refractivity contribution in [2.75, 3.05) is 0 Å². The number of hydrogen-bond acceptors (Lipinski definition) is 2. The zero-order valence-electron chi connectivity index (χ0n) is 10.5. The van der Waals surface area contributed by atoms with Gasteiger partial charge in [-0.1, -0.05) is 20.3 Å². The monoisotopic (exact) mass is 230 g/mol. The summed E-state index contributed by atoms with van der Waals surface area (Å²) >= 11 is 0. The Labute approximate surface area is 96.6 Å². The van der Waals surface area contributed by atoms with Crippen LogP contribution in [0.1, 0.15) is 47.0 Å². The van der Waals surface area contributed by atoms with Gasteiger partial charge in [0, 0.05) is 5.54 Å². The summed E-state index contributed by atoms with van der Waals surface area (Å²) < 4.78 is 0. The Kier molecular flexibility index (Phi) is 5.85. The highest BCUT2D eigenvalue weighted by Crippen LogP contribution is 2.10. The number of amides is 2. The number of rotatable bonds is 6. The van der Waals surface area contributed by atoms with Crippen LogP contribution in [-0.4, -0.2) is 28.7 Å². The average Bonchev–Trinajstić information content (AvgIpc) is 2.12. The van der Waals surface area contributed by atoms with Gasteiger partial charge in [-0.3, -0.25) is 0 Å². The third kappa shape index (κ3) is 5.58. The molecule has 0 aliphatic rings. The van der Waals surface area contributed by atoms with Gasteiger partial charge in [-0.25, -0.2) is 9.59 Å². The van der Waals surface area contributed by atoms with E-state index < -0.39 is 18.0 Å². The number of carboxylic acids is 1. The van der Waals surface area contributed by atoms with E-state index in [4.69, 9.17) is 5.11 Å². The van der Waals surface area contributed by atoms with Gasteiger partial charge >= 0.3 is 12.0 Å². The molecule has 0 aromatic heterocycles. The molecule has 1 unspecified atom stereocenters. The van der Waals surface area contributed by atoms with Crippen molar-refractivity contribution in [2.45, 2.75) is 58.5 Å². The topological polar surface area (TPSA) is 78.4 Å². The molecule has 0 spiro atoms. The molecule has 0 aliphatic heterocycles. The Morgan fingerprint density at radius 2 is 1.88 bits per heavy atom. The lowest BCUT2D eigenvalue weighted by Gasteiger charge is -2.26. The maximum Gasteiger partial charge on any atom is 0.326 e. The van der Waals surface area contributed by atoms with E-state index in [2.05, 4.69) is 10.6 Å². The van der Waals surface area contributed by atoms with Gasteiger partial charge in [-0.2, -0.15) is 0 Å². The molecule has 0 heterocycles. The van der Waals surface area contributed by atoms with Gasteiger partial charge < -0.3 is 15.7 Å². The van der Waals surface area contributed by atoms with Crippen LogP contribution in [0.5, 0.6) is 0 Å². The van der Waals surface area contributed by atoms with Crippen LogP contribution in [0.4, 0.5) is 4.79 Å². The summed E-state index contributed by atoms with van der Waals surface area (Å²) in [4.78, 5) is 22.2. The third-order valence-corrected chi connectivity index (χ3v) is 2.34. The minimum Gasteiger partial charge on any atom is -0.480 e. The van der Waals surface area contributed by atoms with E-state index in [1.165, 1.54) is 0 Å². The van der Waals surface area contributed by atoms with E-state index in [9.17, 15) is 9.59 Å². The Morgan fingerprint density at radius 3 is 2.25 bits per heavy atom. The fraction of sp³-hybridized carbons (Fsp3) is 0.818. The first kappa shape index (κ1) is 14.7. The first-order valence-corrected chi connectivity index (χ1v) is 5.64. The van der Waals surface area contributed by atoms with Gasteiger partial charge in [0.2, 0.25) is 0 Å². The smallest absolute Gasteiger partial charge is 0.326 e. The zero-order chi connectivity index (χ0) is 12.8. The van der Waals surface area contributed by atoms with Crippen molar-refractivity contribution in [3.63, 3.8) is 0 Å². The second-order valence-electron chi connectivity index (χ2n) is 4.53.